The zero-order chi connectivity index (χ0) is 26.2. The fourth-order valence-corrected chi connectivity index (χ4v) is 5.66. The third-order valence-corrected chi connectivity index (χ3v) is 7.51. The van der Waals surface area contributed by atoms with Gasteiger partial charge in [-0.25, -0.2) is 27.7 Å². The SMILES string of the molecule is Cc1nc2ccc(N3CCC[C@H](N[C@@H]4CCCC[C@H]4Nc4ncc(-c5cc(F)c(F)cc5F)o4)C3)cn2n1. The Balaban J connectivity index is 1.12. The topological polar surface area (TPSA) is 83.5 Å². The second-order valence-corrected chi connectivity index (χ2v) is 10.2. The van der Waals surface area contributed by atoms with Crippen LogP contribution in [-0.4, -0.2) is 50.8 Å². The van der Waals surface area contributed by atoms with Crippen LogP contribution in [0.15, 0.2) is 41.1 Å². The van der Waals surface area contributed by atoms with Gasteiger partial charge in [0.05, 0.1) is 23.6 Å². The highest BCUT2D eigenvalue weighted by Gasteiger charge is 2.30. The van der Waals surface area contributed by atoms with E-state index in [-0.39, 0.29) is 29.4 Å². The van der Waals surface area contributed by atoms with Gasteiger partial charge in [0.25, 0.3) is 6.01 Å². The third kappa shape index (κ3) is 5.07. The van der Waals surface area contributed by atoms with Gasteiger partial charge in [0.1, 0.15) is 11.6 Å². The van der Waals surface area contributed by atoms with Crippen molar-refractivity contribution < 1.29 is 17.6 Å². The lowest BCUT2D eigenvalue weighted by atomic mass is 9.89. The van der Waals surface area contributed by atoms with E-state index >= 15 is 0 Å². The molecule has 4 aromatic rings. The molecule has 0 amide bonds. The number of anilines is 2. The quantitative estimate of drug-likeness (QED) is 0.339. The second kappa shape index (κ2) is 10.3. The van der Waals surface area contributed by atoms with Crippen molar-refractivity contribution in [1.29, 1.82) is 0 Å². The molecule has 2 fully saturated rings. The molecule has 1 saturated heterocycles. The predicted molar refractivity (Wildman–Crippen MR) is 138 cm³/mol. The molecule has 1 aliphatic heterocycles. The number of nitrogens with zero attached hydrogens (tertiary/aromatic N) is 5. The summed E-state index contributed by atoms with van der Waals surface area (Å²) in [6.45, 7) is 3.77. The van der Waals surface area contributed by atoms with Crippen LogP contribution >= 0.6 is 0 Å². The third-order valence-electron chi connectivity index (χ3n) is 7.51. The van der Waals surface area contributed by atoms with Gasteiger partial charge in [-0.3, -0.25) is 0 Å². The van der Waals surface area contributed by atoms with Gasteiger partial charge in [0.2, 0.25) is 0 Å². The first-order valence-corrected chi connectivity index (χ1v) is 13.1. The van der Waals surface area contributed by atoms with Crippen molar-refractivity contribution in [3.63, 3.8) is 0 Å². The summed E-state index contributed by atoms with van der Waals surface area (Å²) in [5.41, 5.74) is 1.81. The van der Waals surface area contributed by atoms with Crippen LogP contribution in [0.25, 0.3) is 17.0 Å². The van der Waals surface area contributed by atoms with E-state index in [0.717, 1.165) is 74.8 Å². The van der Waals surface area contributed by atoms with Gasteiger partial charge in [-0.05, 0) is 50.8 Å². The minimum atomic E-state index is -1.24. The van der Waals surface area contributed by atoms with E-state index in [2.05, 4.69) is 36.7 Å². The van der Waals surface area contributed by atoms with Gasteiger partial charge in [0, 0.05) is 37.3 Å². The van der Waals surface area contributed by atoms with Gasteiger partial charge >= 0.3 is 0 Å². The van der Waals surface area contributed by atoms with E-state index in [4.69, 9.17) is 4.42 Å². The molecule has 0 unspecified atom stereocenters. The summed E-state index contributed by atoms with van der Waals surface area (Å²) < 4.78 is 48.7. The summed E-state index contributed by atoms with van der Waals surface area (Å²) in [7, 11) is 0. The minimum absolute atomic E-state index is 0.0479. The lowest BCUT2D eigenvalue weighted by Crippen LogP contribution is -2.54. The molecule has 0 radical (unpaired) electrons. The maximum atomic E-state index is 14.2. The second-order valence-electron chi connectivity index (χ2n) is 10.2. The Morgan fingerprint density at radius 2 is 1.79 bits per heavy atom. The molecule has 1 saturated carbocycles. The number of hydrogen-bond acceptors (Lipinski definition) is 7. The number of piperidine rings is 1. The highest BCUT2D eigenvalue weighted by atomic mass is 19.2. The molecule has 3 atom stereocenters. The summed E-state index contributed by atoms with van der Waals surface area (Å²) in [6, 6.07) is 6.26. The molecule has 1 aliphatic carbocycles. The minimum Gasteiger partial charge on any atom is -0.423 e. The van der Waals surface area contributed by atoms with Crippen molar-refractivity contribution in [2.24, 2.45) is 0 Å². The zero-order valence-electron chi connectivity index (χ0n) is 21.1. The average Bonchev–Trinajstić information content (AvgIpc) is 3.52. The molecule has 6 rings (SSSR count). The Hall–Kier alpha value is -3.60. The summed E-state index contributed by atoms with van der Waals surface area (Å²) >= 11 is 0. The molecule has 2 N–H and O–H groups in total. The monoisotopic (exact) mass is 525 g/mol. The van der Waals surface area contributed by atoms with Crippen LogP contribution in [0.4, 0.5) is 24.9 Å². The molecule has 2 aliphatic rings. The molecule has 3 aromatic heterocycles. The highest BCUT2D eigenvalue weighted by Crippen LogP contribution is 2.30. The molecule has 0 spiro atoms. The Morgan fingerprint density at radius 1 is 0.974 bits per heavy atom. The number of hydrogen-bond donors (Lipinski definition) is 2. The summed E-state index contributed by atoms with van der Waals surface area (Å²) in [5.74, 6) is -2.47. The molecular weight excluding hydrogens is 495 g/mol. The summed E-state index contributed by atoms with van der Waals surface area (Å²) in [5, 5.41) is 11.7. The van der Waals surface area contributed by atoms with Gasteiger partial charge in [-0.2, -0.15) is 5.10 Å². The summed E-state index contributed by atoms with van der Waals surface area (Å²) in [4.78, 5) is 11.0. The number of fused-ring (bicyclic) bond motifs is 1. The number of pyridine rings is 1. The lowest BCUT2D eigenvalue weighted by molar-refractivity contribution is 0.290. The Morgan fingerprint density at radius 3 is 2.66 bits per heavy atom. The molecule has 8 nitrogen and oxygen atoms in total. The van der Waals surface area contributed by atoms with E-state index < -0.39 is 17.5 Å². The molecule has 11 heteroatoms. The fraction of sp³-hybridized carbons (Fsp3) is 0.444. The van der Waals surface area contributed by atoms with Crippen molar-refractivity contribution in [3.8, 4) is 11.3 Å². The van der Waals surface area contributed by atoms with Gasteiger partial charge in [-0.1, -0.05) is 12.8 Å². The smallest absolute Gasteiger partial charge is 0.295 e. The number of oxazole rings is 1. The largest absolute Gasteiger partial charge is 0.423 e. The number of aromatic nitrogens is 4. The maximum absolute atomic E-state index is 14.2. The number of nitrogens with one attached hydrogen (secondary N) is 2. The van der Waals surface area contributed by atoms with Gasteiger partial charge < -0.3 is 20.0 Å². The van der Waals surface area contributed by atoms with Crippen molar-refractivity contribution in [2.45, 2.75) is 63.6 Å². The van der Waals surface area contributed by atoms with Gasteiger partial charge in [-0.15, -0.1) is 0 Å². The van der Waals surface area contributed by atoms with E-state index in [0.29, 0.717) is 12.1 Å². The first kappa shape index (κ1) is 24.7. The van der Waals surface area contributed by atoms with Crippen LogP contribution in [-0.2, 0) is 0 Å². The maximum Gasteiger partial charge on any atom is 0.295 e. The van der Waals surface area contributed by atoms with E-state index in [1.54, 1.807) is 0 Å². The summed E-state index contributed by atoms with van der Waals surface area (Å²) in [6.07, 6.45) is 9.70. The van der Waals surface area contributed by atoms with E-state index in [1.807, 2.05) is 23.7 Å². The Bertz CT molecular complexity index is 1440. The number of rotatable bonds is 6. The van der Waals surface area contributed by atoms with E-state index in [1.165, 1.54) is 6.20 Å². The molecule has 0 bridgehead atoms. The number of aryl methyl sites for hydroxylation is 1. The van der Waals surface area contributed by atoms with Crippen LogP contribution in [0.1, 0.15) is 44.3 Å². The molecular formula is C27H30F3N7O. The fourth-order valence-electron chi connectivity index (χ4n) is 5.66. The van der Waals surface area contributed by atoms with Crippen LogP contribution in [0, 0.1) is 24.4 Å². The first-order chi connectivity index (χ1) is 18.4. The Kier molecular flexibility index (Phi) is 6.69. The molecule has 1 aromatic carbocycles. The van der Waals surface area contributed by atoms with Crippen molar-refractivity contribution in [1.82, 2.24) is 24.9 Å². The first-order valence-electron chi connectivity index (χ1n) is 13.1. The zero-order valence-corrected chi connectivity index (χ0v) is 21.1. The molecule has 4 heterocycles. The van der Waals surface area contributed by atoms with Crippen LogP contribution in [0.2, 0.25) is 0 Å². The highest BCUT2D eigenvalue weighted by molar-refractivity contribution is 5.58. The van der Waals surface area contributed by atoms with Crippen molar-refractivity contribution >= 4 is 17.3 Å². The van der Waals surface area contributed by atoms with Gasteiger partial charge in [0.15, 0.2) is 23.0 Å². The number of benzene rings is 1. The van der Waals surface area contributed by atoms with Crippen LogP contribution in [0.3, 0.4) is 0 Å². The lowest BCUT2D eigenvalue weighted by Gasteiger charge is -2.40. The number of halogens is 3. The van der Waals surface area contributed by atoms with Crippen LogP contribution < -0.4 is 15.5 Å². The standard InChI is InChI=1S/C27H30F3N7O/c1-16-32-26-9-8-18(15-37(26)35-16)36-10-4-5-17(14-36)33-23-6-2-3-7-24(23)34-27-31-13-25(38-27)19-11-21(29)22(30)12-20(19)28/h8-9,11-13,15,17,23-24,33H,2-7,10,14H2,1H3,(H,31,34)/t17-,23+,24+/m0/s1. The molecule has 38 heavy (non-hydrogen) atoms. The van der Waals surface area contributed by atoms with Crippen molar-refractivity contribution in [3.05, 3.63) is 59.9 Å². The van der Waals surface area contributed by atoms with Crippen molar-refractivity contribution in [2.75, 3.05) is 23.3 Å². The Labute approximate surface area is 218 Å². The van der Waals surface area contributed by atoms with E-state index in [9.17, 15) is 13.2 Å². The normalized spacial score (nSPS) is 22.2. The van der Waals surface area contributed by atoms with Crippen LogP contribution in [0.5, 0.6) is 0 Å². The molecule has 200 valence electrons. The predicted octanol–water partition coefficient (Wildman–Crippen LogP) is 5.09. The average molecular weight is 526 g/mol.